The van der Waals surface area contributed by atoms with Gasteiger partial charge in [-0.3, -0.25) is 4.31 Å². The third-order valence-corrected chi connectivity index (χ3v) is 7.64. The molecular weight excluding hydrogens is 404 g/mol. The van der Waals surface area contributed by atoms with Crippen LogP contribution in [0.2, 0.25) is 0 Å². The Morgan fingerprint density at radius 1 is 1.03 bits per heavy atom. The van der Waals surface area contributed by atoms with Gasteiger partial charge in [0.1, 0.15) is 11.8 Å². The van der Waals surface area contributed by atoms with Crippen molar-refractivity contribution in [3.63, 3.8) is 0 Å². The Labute approximate surface area is 174 Å². The molecular formula is C22H18N2O3S2. The molecule has 7 heteroatoms. The molecule has 0 N–H and O–H groups in total. The zero-order chi connectivity index (χ0) is 20.4. The number of anilines is 1. The highest BCUT2D eigenvalue weighted by Gasteiger charge is 2.29. The minimum atomic E-state index is -3.65. The van der Waals surface area contributed by atoms with E-state index in [4.69, 9.17) is 4.74 Å². The maximum absolute atomic E-state index is 13.2. The molecule has 0 radical (unpaired) electrons. The molecule has 146 valence electrons. The standard InChI is InChI=1S/C22H18N2O3S2/c1-27-21-14-17(7-8-18(21)15-23)16-9-10-22-20(13-16)24(11-12-28-22)29(25,26)19-5-3-2-4-6-19/h2-10,13-14H,11-12H2,1H3. The van der Waals surface area contributed by atoms with Crippen molar-refractivity contribution in [3.8, 4) is 22.9 Å². The molecule has 0 saturated heterocycles. The molecule has 0 spiro atoms. The number of nitrogens with zero attached hydrogens (tertiary/aromatic N) is 2. The van der Waals surface area contributed by atoms with Crippen LogP contribution >= 0.6 is 11.8 Å². The van der Waals surface area contributed by atoms with E-state index in [9.17, 15) is 13.7 Å². The molecule has 0 bridgehead atoms. The number of benzene rings is 3. The Morgan fingerprint density at radius 2 is 1.76 bits per heavy atom. The average molecular weight is 423 g/mol. The van der Waals surface area contributed by atoms with Crippen LogP contribution in [0.15, 0.2) is 76.5 Å². The first-order valence-corrected chi connectivity index (χ1v) is 11.4. The number of ether oxygens (including phenoxy) is 1. The molecule has 1 aliphatic rings. The summed E-state index contributed by atoms with van der Waals surface area (Å²) in [5.74, 6) is 1.19. The first-order chi connectivity index (χ1) is 14.0. The van der Waals surface area contributed by atoms with Gasteiger partial charge >= 0.3 is 0 Å². The van der Waals surface area contributed by atoms with E-state index in [1.807, 2.05) is 24.3 Å². The number of rotatable bonds is 4. The minimum absolute atomic E-state index is 0.281. The molecule has 0 atom stereocenters. The van der Waals surface area contributed by atoms with Gasteiger partial charge in [0, 0.05) is 17.2 Å². The molecule has 0 aromatic heterocycles. The summed E-state index contributed by atoms with van der Waals surface area (Å²) in [5, 5.41) is 9.20. The van der Waals surface area contributed by atoms with Crippen LogP contribution < -0.4 is 9.04 Å². The van der Waals surface area contributed by atoms with Gasteiger partial charge in [-0.15, -0.1) is 11.8 Å². The molecule has 5 nitrogen and oxygen atoms in total. The zero-order valence-corrected chi connectivity index (χ0v) is 17.3. The van der Waals surface area contributed by atoms with Crippen molar-refractivity contribution >= 4 is 27.5 Å². The molecule has 0 unspecified atom stereocenters. The lowest BCUT2D eigenvalue weighted by Crippen LogP contribution is -2.35. The van der Waals surface area contributed by atoms with Crippen LogP contribution in [0.4, 0.5) is 5.69 Å². The fraction of sp³-hybridized carbons (Fsp3) is 0.136. The SMILES string of the molecule is COc1cc(-c2ccc3c(c2)N(S(=O)(=O)c2ccccc2)CCS3)ccc1C#N. The largest absolute Gasteiger partial charge is 0.495 e. The number of nitriles is 1. The van der Waals surface area contributed by atoms with Crippen LogP contribution in [0.3, 0.4) is 0 Å². The van der Waals surface area contributed by atoms with E-state index in [0.717, 1.165) is 16.0 Å². The summed E-state index contributed by atoms with van der Waals surface area (Å²) in [7, 11) is -2.12. The summed E-state index contributed by atoms with van der Waals surface area (Å²) in [4.78, 5) is 1.21. The number of hydrogen-bond donors (Lipinski definition) is 0. The first-order valence-electron chi connectivity index (χ1n) is 8.98. The van der Waals surface area contributed by atoms with Gasteiger partial charge in [0.2, 0.25) is 0 Å². The molecule has 1 heterocycles. The molecule has 3 aromatic rings. The highest BCUT2D eigenvalue weighted by Crippen LogP contribution is 2.40. The normalized spacial score (nSPS) is 13.4. The van der Waals surface area contributed by atoms with Gasteiger partial charge in [-0.1, -0.05) is 30.3 Å². The minimum Gasteiger partial charge on any atom is -0.495 e. The van der Waals surface area contributed by atoms with E-state index in [0.29, 0.717) is 29.3 Å². The van der Waals surface area contributed by atoms with Gasteiger partial charge < -0.3 is 4.74 Å². The predicted octanol–water partition coefficient (Wildman–Crippen LogP) is 4.53. The summed E-state index contributed by atoms with van der Waals surface area (Å²) in [6.07, 6.45) is 0. The van der Waals surface area contributed by atoms with E-state index in [-0.39, 0.29) is 4.90 Å². The predicted molar refractivity (Wildman–Crippen MR) is 115 cm³/mol. The third kappa shape index (κ3) is 3.57. The monoisotopic (exact) mass is 422 g/mol. The Balaban J connectivity index is 1.80. The highest BCUT2D eigenvalue weighted by molar-refractivity contribution is 8.00. The van der Waals surface area contributed by atoms with Crippen LogP contribution in [-0.2, 0) is 10.0 Å². The van der Waals surface area contributed by atoms with Crippen molar-refractivity contribution < 1.29 is 13.2 Å². The van der Waals surface area contributed by atoms with Gasteiger partial charge in [0.25, 0.3) is 10.0 Å². The van der Waals surface area contributed by atoms with E-state index in [1.165, 1.54) is 11.4 Å². The number of hydrogen-bond acceptors (Lipinski definition) is 5. The smallest absolute Gasteiger partial charge is 0.264 e. The Bertz CT molecular complexity index is 1200. The Hall–Kier alpha value is -2.95. The lowest BCUT2D eigenvalue weighted by Gasteiger charge is -2.30. The topological polar surface area (TPSA) is 70.4 Å². The third-order valence-electron chi connectivity index (χ3n) is 4.77. The molecule has 3 aromatic carbocycles. The van der Waals surface area contributed by atoms with Gasteiger partial charge in [-0.25, -0.2) is 8.42 Å². The van der Waals surface area contributed by atoms with E-state index in [2.05, 4.69) is 6.07 Å². The zero-order valence-electron chi connectivity index (χ0n) is 15.7. The summed E-state index contributed by atoms with van der Waals surface area (Å²) < 4.78 is 33.3. The van der Waals surface area contributed by atoms with Gasteiger partial charge in [0.15, 0.2) is 0 Å². The molecule has 29 heavy (non-hydrogen) atoms. The fourth-order valence-electron chi connectivity index (χ4n) is 3.31. The number of methoxy groups -OCH3 is 1. The first kappa shape index (κ1) is 19.4. The van der Waals surface area contributed by atoms with Crippen LogP contribution in [0.5, 0.6) is 5.75 Å². The van der Waals surface area contributed by atoms with Crippen molar-refractivity contribution in [1.82, 2.24) is 0 Å². The molecule has 0 saturated carbocycles. The molecule has 0 amide bonds. The average Bonchev–Trinajstić information content (AvgIpc) is 2.78. The highest BCUT2D eigenvalue weighted by atomic mass is 32.2. The van der Waals surface area contributed by atoms with Crippen molar-refractivity contribution in [1.29, 1.82) is 5.26 Å². The Morgan fingerprint density at radius 3 is 2.48 bits per heavy atom. The fourth-order valence-corrected chi connectivity index (χ4v) is 5.95. The maximum Gasteiger partial charge on any atom is 0.264 e. The number of sulfonamides is 1. The number of fused-ring (bicyclic) bond motifs is 1. The molecule has 4 rings (SSSR count). The molecule has 0 aliphatic carbocycles. The van der Waals surface area contributed by atoms with E-state index in [1.54, 1.807) is 54.2 Å². The van der Waals surface area contributed by atoms with E-state index < -0.39 is 10.0 Å². The van der Waals surface area contributed by atoms with E-state index >= 15 is 0 Å². The van der Waals surface area contributed by atoms with Gasteiger partial charge in [-0.05, 0) is 47.5 Å². The maximum atomic E-state index is 13.2. The quantitative estimate of drug-likeness (QED) is 0.618. The van der Waals surface area contributed by atoms with Crippen molar-refractivity contribution in [2.24, 2.45) is 0 Å². The van der Waals surface area contributed by atoms with Crippen molar-refractivity contribution in [2.45, 2.75) is 9.79 Å². The van der Waals surface area contributed by atoms with Crippen LogP contribution in [-0.4, -0.2) is 27.8 Å². The Kier molecular flexibility index (Phi) is 5.22. The van der Waals surface area contributed by atoms with Gasteiger partial charge in [0.05, 0.1) is 23.3 Å². The second kappa shape index (κ2) is 7.82. The summed E-state index contributed by atoms with van der Waals surface area (Å²) in [5.41, 5.74) is 2.85. The number of thioether (sulfide) groups is 1. The van der Waals surface area contributed by atoms with Crippen LogP contribution in [0, 0.1) is 11.3 Å². The second-order valence-electron chi connectivity index (χ2n) is 6.45. The lowest BCUT2D eigenvalue weighted by molar-refractivity contribution is 0.413. The van der Waals surface area contributed by atoms with Crippen molar-refractivity contribution in [2.75, 3.05) is 23.7 Å². The van der Waals surface area contributed by atoms with Crippen LogP contribution in [0.1, 0.15) is 5.56 Å². The summed E-state index contributed by atoms with van der Waals surface area (Å²) in [6, 6.07) is 21.8. The lowest BCUT2D eigenvalue weighted by atomic mass is 10.0. The summed E-state index contributed by atoms with van der Waals surface area (Å²) >= 11 is 1.65. The molecule has 1 aliphatic heterocycles. The second-order valence-corrected chi connectivity index (χ2v) is 9.45. The van der Waals surface area contributed by atoms with Crippen LogP contribution in [0.25, 0.3) is 11.1 Å². The summed E-state index contributed by atoms with van der Waals surface area (Å²) in [6.45, 7) is 0.412. The molecule has 0 fully saturated rings. The van der Waals surface area contributed by atoms with Crippen molar-refractivity contribution in [3.05, 3.63) is 72.3 Å². The van der Waals surface area contributed by atoms with Gasteiger partial charge in [-0.2, -0.15) is 5.26 Å².